The van der Waals surface area contributed by atoms with E-state index >= 15 is 0 Å². The zero-order valence-electron chi connectivity index (χ0n) is 37.5. The van der Waals surface area contributed by atoms with Crippen LogP contribution in [0.15, 0.2) is 176 Å². The maximum Gasteiger partial charge on any atom is 0.416 e. The fourth-order valence-corrected chi connectivity index (χ4v) is 10.1. The van der Waals surface area contributed by atoms with Gasteiger partial charge in [-0.1, -0.05) is 91.0 Å². The van der Waals surface area contributed by atoms with Gasteiger partial charge in [-0.25, -0.2) is 9.69 Å². The third-order valence-electron chi connectivity index (χ3n) is 13.2. The molecular weight excluding hydrogens is 888 g/mol. The molecule has 0 saturated carbocycles. The number of rotatable bonds is 6. The second-order valence-electron chi connectivity index (χ2n) is 17.1. The molecule has 11 aromatic rings. The van der Waals surface area contributed by atoms with Gasteiger partial charge < -0.3 is 9.13 Å². The van der Waals surface area contributed by atoms with Gasteiger partial charge in [-0.2, -0.15) is 29.0 Å². The molecule has 0 N–H and O–H groups in total. The minimum atomic E-state index is -4.53. The Hall–Kier alpha value is -10.2. The first kappa shape index (κ1) is 43.4. The first-order chi connectivity index (χ1) is 34.5. The van der Waals surface area contributed by atoms with Crippen LogP contribution in [-0.2, 0) is 6.18 Å². The number of hydrogen-bond donors (Lipinski definition) is 0. The van der Waals surface area contributed by atoms with Crippen molar-refractivity contribution in [1.82, 2.24) is 9.13 Å². The second-order valence-corrected chi connectivity index (χ2v) is 17.1. The van der Waals surface area contributed by atoms with Gasteiger partial charge in [0.05, 0.1) is 75.8 Å². The summed E-state index contributed by atoms with van der Waals surface area (Å²) in [5.41, 5.74) is 11.7. The quantitative estimate of drug-likeness (QED) is 0.156. The molecule has 0 aliphatic heterocycles. The van der Waals surface area contributed by atoms with Gasteiger partial charge in [0.1, 0.15) is 0 Å². The average Bonchev–Trinajstić information content (AvgIpc) is 3.91. The molecule has 7 nitrogen and oxygen atoms in total. The highest BCUT2D eigenvalue weighted by Crippen LogP contribution is 2.47. The Balaban J connectivity index is 1.21. The molecule has 0 spiro atoms. The number of hydrogen-bond acceptors (Lipinski definition) is 3. The molecule has 10 heteroatoms. The molecule has 332 valence electrons. The van der Waals surface area contributed by atoms with E-state index in [1.54, 1.807) is 49.4 Å². The maximum atomic E-state index is 14.0. The summed E-state index contributed by atoms with van der Waals surface area (Å²) in [5.74, 6) is 0. The molecule has 9 aromatic carbocycles. The van der Waals surface area contributed by atoms with E-state index in [0.29, 0.717) is 78.4 Å². The molecule has 0 unspecified atom stereocenters. The number of alkyl halides is 3. The molecule has 0 amide bonds. The third kappa shape index (κ3) is 7.10. The molecule has 0 aliphatic carbocycles. The lowest BCUT2D eigenvalue weighted by Gasteiger charge is -2.21. The fourth-order valence-electron chi connectivity index (χ4n) is 10.1. The lowest BCUT2D eigenvalue weighted by Crippen LogP contribution is -2.05. The predicted molar refractivity (Wildman–Crippen MR) is 273 cm³/mol. The smallest absolute Gasteiger partial charge is 0.310 e. The van der Waals surface area contributed by atoms with Crippen molar-refractivity contribution in [3.05, 3.63) is 227 Å². The molecule has 0 aliphatic rings. The lowest BCUT2D eigenvalue weighted by atomic mass is 9.92. The summed E-state index contributed by atoms with van der Waals surface area (Å²) in [6, 6.07) is 59.9. The minimum Gasteiger partial charge on any atom is -0.310 e. The molecule has 2 aromatic heterocycles. The van der Waals surface area contributed by atoms with E-state index in [2.05, 4.69) is 37.0 Å². The van der Waals surface area contributed by atoms with E-state index in [9.17, 15) is 29.0 Å². The zero-order valence-corrected chi connectivity index (χ0v) is 37.5. The number of halogens is 3. The van der Waals surface area contributed by atoms with Crippen molar-refractivity contribution in [2.24, 2.45) is 0 Å². The van der Waals surface area contributed by atoms with Crippen molar-refractivity contribution >= 4 is 55.0 Å². The highest BCUT2D eigenvalue weighted by atomic mass is 19.4. The predicted octanol–water partition coefficient (Wildman–Crippen LogP) is 16.6. The van der Waals surface area contributed by atoms with Crippen molar-refractivity contribution in [2.45, 2.75) is 13.1 Å². The second kappa shape index (κ2) is 16.9. The Labute approximate surface area is 405 Å². The van der Waals surface area contributed by atoms with Crippen LogP contribution < -0.4 is 0 Å². The maximum absolute atomic E-state index is 14.0. The number of para-hydroxylation sites is 2. The first-order valence-corrected chi connectivity index (χ1v) is 22.3. The van der Waals surface area contributed by atoms with E-state index in [1.807, 2.05) is 115 Å². The normalized spacial score (nSPS) is 11.3. The van der Waals surface area contributed by atoms with Crippen LogP contribution >= 0.6 is 0 Å². The van der Waals surface area contributed by atoms with Crippen LogP contribution in [0.5, 0.6) is 0 Å². The van der Waals surface area contributed by atoms with E-state index < -0.39 is 11.7 Å². The van der Waals surface area contributed by atoms with E-state index in [1.165, 1.54) is 6.07 Å². The summed E-state index contributed by atoms with van der Waals surface area (Å²) in [4.78, 5) is 7.67. The summed E-state index contributed by atoms with van der Waals surface area (Å²) in [5, 5.41) is 33.5. The van der Waals surface area contributed by atoms with Crippen molar-refractivity contribution in [1.29, 1.82) is 15.8 Å². The zero-order chi connectivity index (χ0) is 49.1. The van der Waals surface area contributed by atoms with Gasteiger partial charge in [0.25, 0.3) is 0 Å². The van der Waals surface area contributed by atoms with Gasteiger partial charge >= 0.3 is 6.18 Å². The van der Waals surface area contributed by atoms with Crippen molar-refractivity contribution in [3.63, 3.8) is 0 Å². The molecule has 0 radical (unpaired) electrons. The van der Waals surface area contributed by atoms with E-state index in [-0.39, 0.29) is 0 Å². The Bertz CT molecular complexity index is 4310. The Morgan fingerprint density at radius 3 is 1.62 bits per heavy atom. The summed E-state index contributed by atoms with van der Waals surface area (Å²) >= 11 is 0. The van der Waals surface area contributed by atoms with Crippen molar-refractivity contribution in [3.8, 4) is 74.1 Å². The van der Waals surface area contributed by atoms with Gasteiger partial charge in [0.15, 0.2) is 11.4 Å². The minimum absolute atomic E-state index is 0.346. The van der Waals surface area contributed by atoms with E-state index in [4.69, 9.17) is 13.1 Å². The molecule has 0 fully saturated rings. The third-order valence-corrected chi connectivity index (χ3v) is 13.2. The Morgan fingerprint density at radius 2 is 1.03 bits per heavy atom. The van der Waals surface area contributed by atoms with Gasteiger partial charge in [0, 0.05) is 38.4 Å². The van der Waals surface area contributed by atoms with E-state index in [0.717, 1.165) is 66.9 Å². The Morgan fingerprint density at radius 1 is 0.465 bits per heavy atom. The average molecular weight is 920 g/mol. The molecule has 11 rings (SSSR count). The summed E-state index contributed by atoms with van der Waals surface area (Å²) in [6.07, 6.45) is -4.53. The summed E-state index contributed by atoms with van der Waals surface area (Å²) in [7, 11) is 0. The number of fused-ring (bicyclic) bond motifs is 6. The van der Waals surface area contributed by atoms with Gasteiger partial charge in [-0.3, -0.25) is 0 Å². The van der Waals surface area contributed by atoms with Crippen LogP contribution in [0.2, 0.25) is 0 Å². The van der Waals surface area contributed by atoms with Crippen LogP contribution in [0.3, 0.4) is 0 Å². The number of benzene rings is 9. The van der Waals surface area contributed by atoms with Crippen molar-refractivity contribution < 1.29 is 13.2 Å². The van der Waals surface area contributed by atoms with Crippen molar-refractivity contribution in [2.75, 3.05) is 0 Å². The van der Waals surface area contributed by atoms with Gasteiger partial charge in [-0.15, -0.1) is 0 Å². The van der Waals surface area contributed by atoms with Gasteiger partial charge in [-0.05, 0) is 136 Å². The molecule has 0 bridgehead atoms. The van der Waals surface area contributed by atoms with Gasteiger partial charge in [0.2, 0.25) is 0 Å². The molecule has 71 heavy (non-hydrogen) atoms. The number of aryl methyl sites for hydroxylation is 1. The Kier molecular flexibility index (Phi) is 10.3. The highest BCUT2D eigenvalue weighted by molar-refractivity contribution is 6.13. The number of nitriles is 3. The standard InChI is InChI=1S/C61H32F3N7/c1-36-27-43(61(62,63)64)19-22-45(36)38-16-26-58(70-54-12-6-4-9-48(54)50-31-40(17-24-56(50)70)47-23-20-44(68-2)29-42(47)35-67)52(32-38)60-53(69-3)11-8-14-59(60)71-55-13-7-5-10-49(55)51-30-39(18-25-57(51)71)46-21-15-37(33-65)28-41(46)34-66/h4-32H,1H3. The molecule has 0 atom stereocenters. The number of nitrogens with zero attached hydrogens (tertiary/aromatic N) is 7. The summed E-state index contributed by atoms with van der Waals surface area (Å²) in [6.45, 7) is 17.9. The van der Waals surface area contributed by atoms with Crippen LogP contribution in [0.4, 0.5) is 24.5 Å². The SMILES string of the molecule is [C-]#[N+]c1ccc(-c2ccc3c(c2)c2ccccc2n3-c2ccc(-c3ccc(C(F)(F)F)cc3C)cc2-c2c([N+]#[C-])cccc2-n2c3ccccc3c3cc(-c4ccc(C#N)cc4C#N)ccc32)c(C#N)c1. The monoisotopic (exact) mass is 919 g/mol. The number of aromatic nitrogens is 2. The van der Waals surface area contributed by atoms with Crippen LogP contribution in [0.25, 0.3) is 109 Å². The molecule has 2 heterocycles. The fraction of sp³-hybridized carbons (Fsp3) is 0.0328. The molecular formula is C61H32F3N7. The highest BCUT2D eigenvalue weighted by Gasteiger charge is 2.31. The topological polar surface area (TPSA) is 89.9 Å². The van der Waals surface area contributed by atoms with Crippen LogP contribution in [0.1, 0.15) is 27.8 Å². The molecule has 0 saturated heterocycles. The summed E-state index contributed by atoms with van der Waals surface area (Å²) < 4.78 is 46.3. The first-order valence-electron chi connectivity index (χ1n) is 22.3. The van der Waals surface area contributed by atoms with Crippen LogP contribution in [0, 0.1) is 54.1 Å². The van der Waals surface area contributed by atoms with Crippen LogP contribution in [-0.4, -0.2) is 9.13 Å². The lowest BCUT2D eigenvalue weighted by molar-refractivity contribution is -0.137. The largest absolute Gasteiger partial charge is 0.416 e.